The summed E-state index contributed by atoms with van der Waals surface area (Å²) in [6.07, 6.45) is -1.76. The first-order valence-electron chi connectivity index (χ1n) is 9.97. The second-order valence-corrected chi connectivity index (χ2v) is 9.28. The molecule has 0 spiro atoms. The molecule has 2 N–H and O–H groups in total. The first-order chi connectivity index (χ1) is 14.0. The van der Waals surface area contributed by atoms with E-state index in [2.05, 4.69) is 5.32 Å². The van der Waals surface area contributed by atoms with E-state index >= 15 is 0 Å². The maximum atomic E-state index is 11.9. The Labute approximate surface area is 187 Å². The third-order valence-electron chi connectivity index (χ3n) is 5.07. The van der Waals surface area contributed by atoms with Gasteiger partial charge in [-0.25, -0.2) is 4.79 Å². The molecule has 1 aliphatic heterocycles. The Bertz CT molecular complexity index is 753. The van der Waals surface area contributed by atoms with Crippen molar-refractivity contribution in [1.29, 1.82) is 0 Å². The number of carbonyl (C=O) groups is 2. The fourth-order valence-corrected chi connectivity index (χ4v) is 3.71. The predicted molar refractivity (Wildman–Crippen MR) is 116 cm³/mol. The number of hydrogen-bond acceptors (Lipinski definition) is 5. The van der Waals surface area contributed by atoms with E-state index in [0.29, 0.717) is 23.2 Å². The van der Waals surface area contributed by atoms with Crippen LogP contribution < -0.4 is 5.32 Å². The Balaban J connectivity index is 2.34. The molecule has 9 heteroatoms. The summed E-state index contributed by atoms with van der Waals surface area (Å²) in [4.78, 5) is 24.9. The van der Waals surface area contributed by atoms with Gasteiger partial charge in [-0.2, -0.15) is 0 Å². The zero-order valence-electron chi connectivity index (χ0n) is 17.8. The van der Waals surface area contributed by atoms with Crippen LogP contribution in [-0.2, 0) is 14.3 Å². The molecule has 1 fully saturated rings. The van der Waals surface area contributed by atoms with Gasteiger partial charge in [-0.15, -0.1) is 0 Å². The third kappa shape index (κ3) is 6.74. The molecule has 30 heavy (non-hydrogen) atoms. The van der Waals surface area contributed by atoms with Crippen LogP contribution in [0, 0.1) is 11.3 Å². The number of esters is 1. The largest absolute Gasteiger partial charge is 0.465 e. The summed E-state index contributed by atoms with van der Waals surface area (Å²) in [6, 6.07) is 5.30. The molecule has 168 valence electrons. The molecule has 0 radical (unpaired) electrons. The molecule has 1 aromatic rings. The zero-order valence-corrected chi connectivity index (χ0v) is 19.3. The lowest BCUT2D eigenvalue weighted by Gasteiger charge is -2.34. The van der Waals surface area contributed by atoms with Crippen LogP contribution in [0.3, 0.4) is 0 Å². The lowest BCUT2D eigenvalue weighted by atomic mass is 9.88. The van der Waals surface area contributed by atoms with E-state index < -0.39 is 12.2 Å². The molecule has 1 heterocycles. The second-order valence-electron chi connectivity index (χ2n) is 8.47. The van der Waals surface area contributed by atoms with E-state index in [4.69, 9.17) is 32.7 Å². The van der Waals surface area contributed by atoms with Gasteiger partial charge in [0.25, 0.3) is 0 Å². The van der Waals surface area contributed by atoms with Crippen molar-refractivity contribution in [3.63, 3.8) is 0 Å². The number of carboxylic acid groups (broad SMARTS) is 1. The highest BCUT2D eigenvalue weighted by Crippen LogP contribution is 2.38. The van der Waals surface area contributed by atoms with E-state index in [1.165, 1.54) is 4.90 Å². The van der Waals surface area contributed by atoms with Crippen molar-refractivity contribution < 1.29 is 24.2 Å². The predicted octanol–water partition coefficient (Wildman–Crippen LogP) is 4.23. The minimum atomic E-state index is -1.00. The normalized spacial score (nSPS) is 22.5. The highest BCUT2D eigenvalue weighted by atomic mass is 35.5. The van der Waals surface area contributed by atoms with Crippen molar-refractivity contribution in [3.05, 3.63) is 33.8 Å². The van der Waals surface area contributed by atoms with Crippen molar-refractivity contribution >= 4 is 35.3 Å². The van der Waals surface area contributed by atoms with E-state index in [1.807, 2.05) is 26.8 Å². The first kappa shape index (κ1) is 24.7. The Kier molecular flexibility index (Phi) is 8.79. The van der Waals surface area contributed by atoms with Crippen LogP contribution in [0.2, 0.25) is 10.0 Å². The van der Waals surface area contributed by atoms with E-state index in [0.717, 1.165) is 5.56 Å². The molecule has 1 unspecified atom stereocenters. The van der Waals surface area contributed by atoms with Crippen LogP contribution in [0.4, 0.5) is 4.79 Å². The maximum Gasteiger partial charge on any atom is 0.407 e. The summed E-state index contributed by atoms with van der Waals surface area (Å²) >= 11 is 12.3. The molecule has 0 aliphatic carbocycles. The molecular formula is C21H30Cl2N2O5. The lowest BCUT2D eigenvalue weighted by molar-refractivity contribution is -0.142. The topological polar surface area (TPSA) is 88.1 Å². The highest BCUT2D eigenvalue weighted by molar-refractivity contribution is 6.42. The van der Waals surface area contributed by atoms with Crippen LogP contribution in [0.5, 0.6) is 0 Å². The number of carbonyl (C=O) groups excluding carboxylic acids is 1. The van der Waals surface area contributed by atoms with Crippen LogP contribution in [0.1, 0.15) is 39.4 Å². The van der Waals surface area contributed by atoms with Crippen LogP contribution >= 0.6 is 23.2 Å². The molecule has 1 saturated heterocycles. The van der Waals surface area contributed by atoms with Gasteiger partial charge < -0.3 is 24.8 Å². The lowest BCUT2D eigenvalue weighted by Crippen LogP contribution is -2.42. The minimum Gasteiger partial charge on any atom is -0.465 e. The van der Waals surface area contributed by atoms with E-state index in [9.17, 15) is 14.7 Å². The average Bonchev–Trinajstić information content (AvgIpc) is 2.84. The molecule has 1 aliphatic rings. The van der Waals surface area contributed by atoms with Gasteiger partial charge in [-0.1, -0.05) is 50.0 Å². The van der Waals surface area contributed by atoms with Gasteiger partial charge in [-0.05, 0) is 30.0 Å². The van der Waals surface area contributed by atoms with Gasteiger partial charge in [0.05, 0.1) is 41.9 Å². The van der Waals surface area contributed by atoms with Crippen molar-refractivity contribution in [3.8, 4) is 0 Å². The summed E-state index contributed by atoms with van der Waals surface area (Å²) < 4.78 is 11.4. The Hall–Kier alpha value is -1.54. The summed E-state index contributed by atoms with van der Waals surface area (Å²) in [6.45, 7) is 9.01. The van der Waals surface area contributed by atoms with Gasteiger partial charge in [-0.3, -0.25) is 4.79 Å². The number of benzene rings is 1. The SMILES string of the molecule is CCOC(=O)CNC[C@@H]1CN(C(=O)O)CC(C(C)(C)C)O[C@H]1c1ccc(Cl)c(Cl)c1. The molecule has 0 saturated carbocycles. The minimum absolute atomic E-state index is 0.0359. The number of ether oxygens (including phenoxy) is 2. The number of nitrogens with one attached hydrogen (secondary N) is 1. The molecule has 0 aromatic heterocycles. The summed E-state index contributed by atoms with van der Waals surface area (Å²) in [5.41, 5.74) is 0.531. The molecule has 7 nitrogen and oxygen atoms in total. The Morgan fingerprint density at radius 2 is 1.97 bits per heavy atom. The van der Waals surface area contributed by atoms with Crippen molar-refractivity contribution in [2.75, 3.05) is 32.8 Å². The maximum absolute atomic E-state index is 11.9. The zero-order chi connectivity index (χ0) is 22.5. The van der Waals surface area contributed by atoms with Gasteiger partial charge in [0.15, 0.2) is 0 Å². The first-order valence-corrected chi connectivity index (χ1v) is 10.7. The number of rotatable bonds is 6. The Morgan fingerprint density at radius 1 is 1.27 bits per heavy atom. The van der Waals surface area contributed by atoms with Gasteiger partial charge in [0.1, 0.15) is 0 Å². The molecular weight excluding hydrogens is 431 g/mol. The molecule has 1 aromatic carbocycles. The van der Waals surface area contributed by atoms with Gasteiger partial charge in [0.2, 0.25) is 0 Å². The highest BCUT2D eigenvalue weighted by Gasteiger charge is 2.39. The fourth-order valence-electron chi connectivity index (χ4n) is 3.40. The van der Waals surface area contributed by atoms with E-state index in [-0.39, 0.29) is 43.0 Å². The standard InChI is InChI=1S/C21H30Cl2N2O5/c1-5-29-18(26)10-24-9-14-11-25(20(27)28)12-17(21(2,3)4)30-19(14)13-6-7-15(22)16(23)8-13/h6-8,14,17,19,24H,5,9-12H2,1-4H3,(H,27,28)/t14-,17?,19+/m1/s1. The third-order valence-corrected chi connectivity index (χ3v) is 5.81. The van der Waals surface area contributed by atoms with Gasteiger partial charge >= 0.3 is 12.1 Å². The number of halogens is 2. The van der Waals surface area contributed by atoms with Crippen molar-refractivity contribution in [1.82, 2.24) is 10.2 Å². The van der Waals surface area contributed by atoms with Crippen LogP contribution in [0.25, 0.3) is 0 Å². The number of hydrogen-bond donors (Lipinski definition) is 2. The average molecular weight is 461 g/mol. The van der Waals surface area contributed by atoms with Crippen molar-refractivity contribution in [2.45, 2.75) is 39.9 Å². The summed E-state index contributed by atoms with van der Waals surface area (Å²) in [5.74, 6) is -0.610. The fraction of sp³-hybridized carbons (Fsp3) is 0.619. The summed E-state index contributed by atoms with van der Waals surface area (Å²) in [7, 11) is 0. The molecule has 2 rings (SSSR count). The summed E-state index contributed by atoms with van der Waals surface area (Å²) in [5, 5.41) is 13.6. The Morgan fingerprint density at radius 3 is 2.53 bits per heavy atom. The molecule has 1 amide bonds. The number of amides is 1. The quantitative estimate of drug-likeness (QED) is 0.617. The monoisotopic (exact) mass is 460 g/mol. The van der Waals surface area contributed by atoms with Crippen molar-refractivity contribution in [2.24, 2.45) is 11.3 Å². The molecule has 0 bridgehead atoms. The van der Waals surface area contributed by atoms with E-state index in [1.54, 1.807) is 19.1 Å². The number of nitrogens with zero attached hydrogens (tertiary/aromatic N) is 1. The second kappa shape index (κ2) is 10.7. The molecule has 3 atom stereocenters. The smallest absolute Gasteiger partial charge is 0.407 e. The van der Waals surface area contributed by atoms with Gasteiger partial charge in [0, 0.05) is 19.0 Å². The van der Waals surface area contributed by atoms with Crippen LogP contribution in [0.15, 0.2) is 18.2 Å². The van der Waals surface area contributed by atoms with Crippen LogP contribution in [-0.4, -0.2) is 61.0 Å².